The van der Waals surface area contributed by atoms with Crippen LogP contribution in [0, 0.1) is 0 Å². The Labute approximate surface area is 143 Å². The van der Waals surface area contributed by atoms with Crippen molar-refractivity contribution in [1.29, 1.82) is 0 Å². The smallest absolute Gasteiger partial charge is 0.240 e. The third kappa shape index (κ3) is 4.02. The van der Waals surface area contributed by atoms with Crippen molar-refractivity contribution in [3.63, 3.8) is 0 Å². The Morgan fingerprint density at radius 2 is 1.36 bits per heavy atom. The maximum atomic E-state index is 12.6. The van der Waals surface area contributed by atoms with Gasteiger partial charge in [-0.15, -0.1) is 0 Å². The third-order valence-corrected chi connectivity index (χ3v) is 5.89. The summed E-state index contributed by atoms with van der Waals surface area (Å²) in [6.45, 7) is 0. The molecule has 0 saturated carbocycles. The molecular formula is C14H13N3O6S2. The molecule has 0 atom stereocenters. The van der Waals surface area contributed by atoms with E-state index < -0.39 is 24.8 Å². The van der Waals surface area contributed by atoms with Crippen LogP contribution < -0.4 is 15.8 Å². The zero-order valence-electron chi connectivity index (χ0n) is 12.5. The highest BCUT2D eigenvalue weighted by Gasteiger charge is 2.22. The molecule has 25 heavy (non-hydrogen) atoms. The first kappa shape index (κ1) is 18.6. The van der Waals surface area contributed by atoms with Gasteiger partial charge >= 0.3 is 0 Å². The Bertz CT molecular complexity index is 1020. The summed E-state index contributed by atoms with van der Waals surface area (Å²) < 4.78 is 48.6. The predicted molar refractivity (Wildman–Crippen MR) is 89.1 cm³/mol. The van der Waals surface area contributed by atoms with Gasteiger partial charge < -0.3 is 10.6 Å². The van der Waals surface area contributed by atoms with E-state index >= 15 is 0 Å². The zero-order valence-corrected chi connectivity index (χ0v) is 14.2. The molecule has 0 spiro atoms. The molecule has 2 rings (SSSR count). The maximum Gasteiger partial charge on any atom is 0.240 e. The Balaban J connectivity index is 2.56. The van der Waals surface area contributed by atoms with E-state index in [2.05, 4.69) is 10.6 Å². The molecule has 11 heteroatoms. The number of carbonyl (C=O) groups is 2. The average molecular weight is 383 g/mol. The number of primary sulfonamides is 1. The van der Waals surface area contributed by atoms with E-state index in [9.17, 15) is 26.4 Å². The molecule has 132 valence electrons. The fraction of sp³-hybridized carbons (Fsp3) is 0. The van der Waals surface area contributed by atoms with Gasteiger partial charge in [-0.25, -0.2) is 22.0 Å². The van der Waals surface area contributed by atoms with E-state index in [1.54, 1.807) is 0 Å². The molecule has 0 aliphatic rings. The summed E-state index contributed by atoms with van der Waals surface area (Å²) in [4.78, 5) is 20.0. The third-order valence-electron chi connectivity index (χ3n) is 3.17. The molecular weight excluding hydrogens is 370 g/mol. The Morgan fingerprint density at radius 3 is 1.88 bits per heavy atom. The van der Waals surface area contributed by atoms with E-state index in [0.717, 1.165) is 18.2 Å². The molecule has 0 aromatic heterocycles. The zero-order chi connectivity index (χ0) is 18.7. The van der Waals surface area contributed by atoms with E-state index in [1.807, 2.05) is 0 Å². The summed E-state index contributed by atoms with van der Waals surface area (Å²) in [7, 11) is -8.31. The van der Waals surface area contributed by atoms with E-state index in [0.29, 0.717) is 12.1 Å². The van der Waals surface area contributed by atoms with Crippen molar-refractivity contribution >= 4 is 44.1 Å². The number of nitrogens with two attached hydrogens (primary N) is 1. The molecule has 0 fully saturated rings. The van der Waals surface area contributed by atoms with Crippen molar-refractivity contribution in [3.8, 4) is 0 Å². The Morgan fingerprint density at radius 1 is 0.800 bits per heavy atom. The van der Waals surface area contributed by atoms with Crippen LogP contribution in [-0.4, -0.2) is 29.7 Å². The standard InChI is InChI=1S/C14H13N3O6S2/c15-25(22,23)14-7-12(5-6-13(14)17-9-19)24(20,21)11-3-1-10(2-4-11)16-8-18/h1-9H,(H,16,18)(H,17,19)(H2,15,22,23). The highest BCUT2D eigenvalue weighted by molar-refractivity contribution is 7.91. The first-order valence-corrected chi connectivity index (χ1v) is 9.65. The van der Waals surface area contributed by atoms with Gasteiger partial charge in [0.05, 0.1) is 15.5 Å². The second kappa shape index (κ2) is 7.01. The lowest BCUT2D eigenvalue weighted by atomic mass is 10.3. The van der Waals surface area contributed by atoms with E-state index in [4.69, 9.17) is 5.14 Å². The number of carbonyl (C=O) groups excluding carboxylic acids is 2. The monoisotopic (exact) mass is 383 g/mol. The number of rotatable bonds is 7. The first-order chi connectivity index (χ1) is 11.7. The number of benzene rings is 2. The van der Waals surface area contributed by atoms with Crippen LogP contribution in [0.5, 0.6) is 0 Å². The predicted octanol–water partition coefficient (Wildman–Crippen LogP) is 0.303. The topological polar surface area (TPSA) is 152 Å². The highest BCUT2D eigenvalue weighted by Crippen LogP contribution is 2.28. The summed E-state index contributed by atoms with van der Waals surface area (Å²) in [5.41, 5.74) is 0.256. The molecule has 2 aromatic carbocycles. The summed E-state index contributed by atoms with van der Waals surface area (Å²) in [6.07, 6.45) is 0.692. The number of amides is 2. The van der Waals surface area contributed by atoms with Crippen LogP contribution >= 0.6 is 0 Å². The lowest BCUT2D eigenvalue weighted by Gasteiger charge is -2.10. The van der Waals surface area contributed by atoms with Gasteiger partial charge in [0.1, 0.15) is 4.90 Å². The number of nitrogens with one attached hydrogen (secondary N) is 2. The Hall–Kier alpha value is -2.76. The van der Waals surface area contributed by atoms with Gasteiger partial charge in [-0.3, -0.25) is 9.59 Å². The van der Waals surface area contributed by atoms with E-state index in [-0.39, 0.29) is 21.9 Å². The normalized spacial score (nSPS) is 11.6. The molecule has 2 aromatic rings. The van der Waals surface area contributed by atoms with Crippen molar-refractivity contribution in [2.75, 3.05) is 10.6 Å². The summed E-state index contributed by atoms with van der Waals surface area (Å²) >= 11 is 0. The quantitative estimate of drug-likeness (QED) is 0.585. The molecule has 4 N–H and O–H groups in total. The van der Waals surface area contributed by atoms with Gasteiger partial charge in [0.25, 0.3) is 0 Å². The van der Waals surface area contributed by atoms with Crippen molar-refractivity contribution in [2.45, 2.75) is 14.7 Å². The van der Waals surface area contributed by atoms with Gasteiger partial charge in [0, 0.05) is 5.69 Å². The number of anilines is 2. The molecule has 0 heterocycles. The van der Waals surface area contributed by atoms with Crippen molar-refractivity contribution in [1.82, 2.24) is 0 Å². The van der Waals surface area contributed by atoms with Crippen LogP contribution in [0.1, 0.15) is 0 Å². The second-order valence-corrected chi connectivity index (χ2v) is 8.23. The van der Waals surface area contributed by atoms with Gasteiger partial charge in [-0.05, 0) is 42.5 Å². The molecule has 0 saturated heterocycles. The van der Waals surface area contributed by atoms with Crippen molar-refractivity contribution in [3.05, 3.63) is 42.5 Å². The minimum atomic E-state index is -4.27. The molecule has 0 aliphatic heterocycles. The van der Waals surface area contributed by atoms with Crippen molar-refractivity contribution < 1.29 is 26.4 Å². The van der Waals surface area contributed by atoms with Crippen LogP contribution in [0.3, 0.4) is 0 Å². The molecule has 0 aliphatic carbocycles. The van der Waals surface area contributed by atoms with Crippen LogP contribution in [0.15, 0.2) is 57.2 Å². The van der Waals surface area contributed by atoms with Gasteiger partial charge in [0.15, 0.2) is 0 Å². The fourth-order valence-corrected chi connectivity index (χ4v) is 4.11. The molecule has 0 bridgehead atoms. The molecule has 9 nitrogen and oxygen atoms in total. The summed E-state index contributed by atoms with van der Waals surface area (Å²) in [5.74, 6) is 0. The summed E-state index contributed by atoms with van der Waals surface area (Å²) in [5, 5.41) is 9.58. The van der Waals surface area contributed by atoms with Crippen LogP contribution in [0.4, 0.5) is 11.4 Å². The number of sulfone groups is 1. The molecule has 0 radical (unpaired) electrons. The van der Waals surface area contributed by atoms with Gasteiger partial charge in [-0.1, -0.05) is 0 Å². The average Bonchev–Trinajstić information content (AvgIpc) is 2.55. The molecule has 0 unspecified atom stereocenters. The summed E-state index contributed by atoms with van der Waals surface area (Å²) in [6, 6.07) is 8.42. The lowest BCUT2D eigenvalue weighted by Crippen LogP contribution is -2.16. The highest BCUT2D eigenvalue weighted by atomic mass is 32.2. The van der Waals surface area contributed by atoms with E-state index in [1.165, 1.54) is 24.3 Å². The molecule has 2 amide bonds. The van der Waals surface area contributed by atoms with Gasteiger partial charge in [-0.2, -0.15) is 0 Å². The first-order valence-electron chi connectivity index (χ1n) is 6.62. The van der Waals surface area contributed by atoms with Gasteiger partial charge in [0.2, 0.25) is 32.7 Å². The maximum absolute atomic E-state index is 12.6. The minimum absolute atomic E-state index is 0.111. The van der Waals surface area contributed by atoms with Crippen molar-refractivity contribution in [2.24, 2.45) is 5.14 Å². The number of hydrogen-bond acceptors (Lipinski definition) is 6. The number of hydrogen-bond donors (Lipinski definition) is 3. The van der Waals surface area contributed by atoms with Crippen LogP contribution in [0.2, 0.25) is 0 Å². The fourth-order valence-electron chi connectivity index (χ4n) is 2.02. The Kier molecular flexibility index (Phi) is 5.21. The lowest BCUT2D eigenvalue weighted by molar-refractivity contribution is -0.106. The van der Waals surface area contributed by atoms with Crippen LogP contribution in [0.25, 0.3) is 0 Å². The SMILES string of the molecule is NS(=O)(=O)c1cc(S(=O)(=O)c2ccc(NC=O)cc2)ccc1NC=O. The largest absolute Gasteiger partial charge is 0.329 e. The second-order valence-electron chi connectivity index (χ2n) is 4.76. The minimum Gasteiger partial charge on any atom is -0.329 e. The number of sulfonamides is 1. The van der Waals surface area contributed by atoms with Crippen LogP contribution in [-0.2, 0) is 29.4 Å².